The van der Waals surface area contributed by atoms with Gasteiger partial charge in [0.05, 0.1) is 11.8 Å². The highest BCUT2D eigenvalue weighted by Crippen LogP contribution is 2.14. The van der Waals surface area contributed by atoms with Crippen LogP contribution in [0.25, 0.3) is 0 Å². The molecule has 2 rings (SSSR count). The first kappa shape index (κ1) is 15.0. The standard InChI is InChI=1S/C15H18FN3O2/c1-10(5-6-11-4-3-9-21-11)19-15(20)12-7-8-18-14(17-2)13(12)16/h3-4,7-10H,5-6H2,1-2H3,(H,17,18)(H,19,20). The fourth-order valence-electron chi connectivity index (χ4n) is 1.98. The van der Waals surface area contributed by atoms with Crippen molar-refractivity contribution in [2.75, 3.05) is 12.4 Å². The van der Waals surface area contributed by atoms with Gasteiger partial charge < -0.3 is 15.1 Å². The van der Waals surface area contributed by atoms with Gasteiger partial charge in [-0.05, 0) is 31.5 Å². The van der Waals surface area contributed by atoms with Crippen molar-refractivity contribution >= 4 is 11.7 Å². The Morgan fingerprint density at radius 1 is 1.48 bits per heavy atom. The predicted octanol–water partition coefficient (Wildman–Crippen LogP) is 2.61. The first-order valence-electron chi connectivity index (χ1n) is 6.77. The van der Waals surface area contributed by atoms with E-state index in [0.29, 0.717) is 6.42 Å². The Labute approximate surface area is 122 Å². The second-order valence-electron chi connectivity index (χ2n) is 4.76. The number of furan rings is 1. The molecule has 6 heteroatoms. The van der Waals surface area contributed by atoms with E-state index in [0.717, 1.165) is 12.2 Å². The van der Waals surface area contributed by atoms with Crippen LogP contribution in [0.1, 0.15) is 29.5 Å². The Morgan fingerprint density at radius 3 is 2.95 bits per heavy atom. The number of hydrogen-bond donors (Lipinski definition) is 2. The average Bonchev–Trinajstić information content (AvgIpc) is 2.98. The molecule has 0 saturated carbocycles. The van der Waals surface area contributed by atoms with E-state index in [4.69, 9.17) is 4.42 Å². The van der Waals surface area contributed by atoms with Gasteiger partial charge in [-0.2, -0.15) is 0 Å². The van der Waals surface area contributed by atoms with Crippen LogP contribution in [0, 0.1) is 5.82 Å². The van der Waals surface area contributed by atoms with Gasteiger partial charge in [0.1, 0.15) is 5.76 Å². The Morgan fingerprint density at radius 2 is 2.29 bits per heavy atom. The zero-order chi connectivity index (χ0) is 15.2. The Hall–Kier alpha value is -2.37. The number of hydrogen-bond acceptors (Lipinski definition) is 4. The number of halogens is 1. The van der Waals surface area contributed by atoms with Gasteiger partial charge in [0.15, 0.2) is 11.6 Å². The van der Waals surface area contributed by atoms with Gasteiger partial charge in [0, 0.05) is 25.7 Å². The van der Waals surface area contributed by atoms with Crippen LogP contribution in [-0.2, 0) is 6.42 Å². The summed E-state index contributed by atoms with van der Waals surface area (Å²) in [5.74, 6) is -0.163. The van der Waals surface area contributed by atoms with Crippen molar-refractivity contribution in [3.8, 4) is 0 Å². The van der Waals surface area contributed by atoms with E-state index in [2.05, 4.69) is 15.6 Å². The van der Waals surface area contributed by atoms with E-state index in [1.807, 2.05) is 19.1 Å². The van der Waals surface area contributed by atoms with Crippen molar-refractivity contribution in [3.05, 3.63) is 47.8 Å². The largest absolute Gasteiger partial charge is 0.469 e. The lowest BCUT2D eigenvalue weighted by molar-refractivity contribution is 0.0934. The summed E-state index contributed by atoms with van der Waals surface area (Å²) in [5.41, 5.74) is -0.0146. The molecule has 5 nitrogen and oxygen atoms in total. The Balaban J connectivity index is 1.94. The maximum atomic E-state index is 14.0. The van der Waals surface area contributed by atoms with E-state index in [1.165, 1.54) is 12.3 Å². The summed E-state index contributed by atoms with van der Waals surface area (Å²) in [5, 5.41) is 5.38. The summed E-state index contributed by atoms with van der Waals surface area (Å²) in [7, 11) is 1.55. The quantitative estimate of drug-likeness (QED) is 0.858. The molecule has 0 spiro atoms. The highest BCUT2D eigenvalue weighted by molar-refractivity contribution is 5.95. The zero-order valence-corrected chi connectivity index (χ0v) is 12.0. The predicted molar refractivity (Wildman–Crippen MR) is 77.7 cm³/mol. The van der Waals surface area contributed by atoms with E-state index in [1.54, 1.807) is 13.3 Å². The second-order valence-corrected chi connectivity index (χ2v) is 4.76. The summed E-state index contributed by atoms with van der Waals surface area (Å²) < 4.78 is 19.2. The molecule has 0 bridgehead atoms. The molecule has 2 aromatic rings. The third-order valence-corrected chi connectivity index (χ3v) is 3.15. The van der Waals surface area contributed by atoms with Crippen LogP contribution in [0.15, 0.2) is 35.1 Å². The minimum atomic E-state index is -0.643. The molecule has 0 fully saturated rings. The number of rotatable bonds is 6. The molecule has 21 heavy (non-hydrogen) atoms. The zero-order valence-electron chi connectivity index (χ0n) is 12.0. The molecule has 1 unspecified atom stereocenters. The first-order chi connectivity index (χ1) is 10.1. The number of nitrogens with one attached hydrogen (secondary N) is 2. The van der Waals surface area contributed by atoms with Crippen LogP contribution < -0.4 is 10.6 Å². The van der Waals surface area contributed by atoms with Crippen LogP contribution in [-0.4, -0.2) is 24.0 Å². The fraction of sp³-hybridized carbons (Fsp3) is 0.333. The van der Waals surface area contributed by atoms with Gasteiger partial charge >= 0.3 is 0 Å². The smallest absolute Gasteiger partial charge is 0.254 e. The van der Waals surface area contributed by atoms with Gasteiger partial charge in [0.25, 0.3) is 5.91 Å². The minimum absolute atomic E-state index is 0.0146. The highest BCUT2D eigenvalue weighted by atomic mass is 19.1. The van der Waals surface area contributed by atoms with Crippen molar-refractivity contribution in [3.63, 3.8) is 0 Å². The van der Waals surface area contributed by atoms with Crippen LogP contribution in [0.4, 0.5) is 10.2 Å². The highest BCUT2D eigenvalue weighted by Gasteiger charge is 2.17. The van der Waals surface area contributed by atoms with E-state index < -0.39 is 11.7 Å². The molecule has 112 valence electrons. The molecule has 1 atom stereocenters. The van der Waals surface area contributed by atoms with Crippen molar-refractivity contribution in [2.24, 2.45) is 0 Å². The number of pyridine rings is 1. The number of amides is 1. The van der Waals surface area contributed by atoms with Crippen molar-refractivity contribution in [2.45, 2.75) is 25.8 Å². The number of carbonyl (C=O) groups excluding carboxylic acids is 1. The van der Waals surface area contributed by atoms with Crippen molar-refractivity contribution in [1.29, 1.82) is 0 Å². The van der Waals surface area contributed by atoms with Crippen LogP contribution in [0.3, 0.4) is 0 Å². The third-order valence-electron chi connectivity index (χ3n) is 3.15. The lowest BCUT2D eigenvalue weighted by atomic mass is 10.1. The van der Waals surface area contributed by atoms with Crippen LogP contribution in [0.2, 0.25) is 0 Å². The van der Waals surface area contributed by atoms with Gasteiger partial charge in [-0.1, -0.05) is 0 Å². The molecule has 1 amide bonds. The molecule has 2 aromatic heterocycles. The van der Waals surface area contributed by atoms with Gasteiger partial charge in [-0.25, -0.2) is 9.37 Å². The Kier molecular flexibility index (Phi) is 4.92. The van der Waals surface area contributed by atoms with Gasteiger partial charge in [-0.3, -0.25) is 4.79 Å². The summed E-state index contributed by atoms with van der Waals surface area (Å²) in [6, 6.07) is 4.99. The summed E-state index contributed by atoms with van der Waals surface area (Å²) in [6.45, 7) is 1.87. The van der Waals surface area contributed by atoms with Gasteiger partial charge in [0.2, 0.25) is 0 Å². The maximum absolute atomic E-state index is 14.0. The fourth-order valence-corrected chi connectivity index (χ4v) is 1.98. The summed E-state index contributed by atoms with van der Waals surface area (Å²) >= 11 is 0. The number of nitrogens with zero attached hydrogens (tertiary/aromatic N) is 1. The van der Waals surface area contributed by atoms with E-state index >= 15 is 0 Å². The lowest BCUT2D eigenvalue weighted by Crippen LogP contribution is -2.33. The summed E-state index contributed by atoms with van der Waals surface area (Å²) in [4.78, 5) is 15.9. The number of aryl methyl sites for hydroxylation is 1. The van der Waals surface area contributed by atoms with Crippen LogP contribution in [0.5, 0.6) is 0 Å². The van der Waals surface area contributed by atoms with Crippen molar-refractivity contribution in [1.82, 2.24) is 10.3 Å². The molecule has 0 radical (unpaired) electrons. The molecule has 0 aromatic carbocycles. The van der Waals surface area contributed by atoms with Gasteiger partial charge in [-0.15, -0.1) is 0 Å². The normalized spacial score (nSPS) is 12.0. The molecule has 0 aliphatic rings. The molecule has 2 N–H and O–H groups in total. The molecular weight excluding hydrogens is 273 g/mol. The van der Waals surface area contributed by atoms with E-state index in [9.17, 15) is 9.18 Å². The van der Waals surface area contributed by atoms with E-state index in [-0.39, 0.29) is 17.4 Å². The molecule has 0 aliphatic carbocycles. The maximum Gasteiger partial charge on any atom is 0.254 e. The minimum Gasteiger partial charge on any atom is -0.469 e. The topological polar surface area (TPSA) is 67.2 Å². The molecular formula is C15H18FN3O2. The number of anilines is 1. The monoisotopic (exact) mass is 291 g/mol. The second kappa shape index (κ2) is 6.88. The summed E-state index contributed by atoms with van der Waals surface area (Å²) in [6.07, 6.45) is 4.45. The molecule has 0 aliphatic heterocycles. The van der Waals surface area contributed by atoms with Crippen LogP contribution >= 0.6 is 0 Å². The molecule has 0 saturated heterocycles. The lowest BCUT2D eigenvalue weighted by Gasteiger charge is -2.14. The number of aromatic nitrogens is 1. The first-order valence-corrected chi connectivity index (χ1v) is 6.77. The number of carbonyl (C=O) groups is 1. The third kappa shape index (κ3) is 3.81. The Bertz CT molecular complexity index is 599. The molecule has 2 heterocycles. The van der Waals surface area contributed by atoms with Crippen molar-refractivity contribution < 1.29 is 13.6 Å². The average molecular weight is 291 g/mol. The SMILES string of the molecule is CNc1nccc(C(=O)NC(C)CCc2ccco2)c1F.